The maximum atomic E-state index is 12.5. The van der Waals surface area contributed by atoms with Crippen LogP contribution in [-0.2, 0) is 20.8 Å². The van der Waals surface area contributed by atoms with Gasteiger partial charge in [0.15, 0.2) is 0 Å². The molecule has 0 radical (unpaired) electrons. The molecule has 5 nitrogen and oxygen atoms in total. The van der Waals surface area contributed by atoms with Gasteiger partial charge in [-0.15, -0.1) is 0 Å². The fraction of sp³-hybridized carbons (Fsp3) is 0.533. The topological polar surface area (TPSA) is 48.0 Å². The van der Waals surface area contributed by atoms with E-state index in [1.807, 2.05) is 24.3 Å². The van der Waals surface area contributed by atoms with Crippen LogP contribution in [0.3, 0.4) is 0 Å². The van der Waals surface area contributed by atoms with E-state index < -0.39 is 0 Å². The summed E-state index contributed by atoms with van der Waals surface area (Å²) in [7, 11) is 4.88. The van der Waals surface area contributed by atoms with Crippen molar-refractivity contribution in [2.45, 2.75) is 6.61 Å². The summed E-state index contributed by atoms with van der Waals surface area (Å²) in [6, 6.07) is 7.48. The number of methoxy groups -OCH3 is 3. The van der Waals surface area contributed by atoms with Crippen molar-refractivity contribution in [3.05, 3.63) is 35.4 Å². The molecule has 0 spiro atoms. The van der Waals surface area contributed by atoms with E-state index in [9.17, 15) is 4.79 Å². The lowest BCUT2D eigenvalue weighted by molar-refractivity contribution is 0.0627. The normalized spacial score (nSPS) is 10.6. The second kappa shape index (κ2) is 9.47. The van der Waals surface area contributed by atoms with Crippen LogP contribution in [0.5, 0.6) is 0 Å². The van der Waals surface area contributed by atoms with Crippen molar-refractivity contribution in [1.29, 1.82) is 0 Å². The summed E-state index contributed by atoms with van der Waals surface area (Å²) in [5.74, 6) is -0.0166. The highest BCUT2D eigenvalue weighted by atomic mass is 16.5. The SMILES string of the molecule is COCCN(CCOC)C(=O)c1cccc(COC)c1. The summed E-state index contributed by atoms with van der Waals surface area (Å²) in [6.45, 7) is 2.61. The monoisotopic (exact) mass is 281 g/mol. The van der Waals surface area contributed by atoms with Crippen molar-refractivity contribution in [2.75, 3.05) is 47.6 Å². The van der Waals surface area contributed by atoms with Gasteiger partial charge in [0, 0.05) is 40.0 Å². The fourth-order valence-electron chi connectivity index (χ4n) is 1.86. The van der Waals surface area contributed by atoms with Crippen molar-refractivity contribution in [3.63, 3.8) is 0 Å². The van der Waals surface area contributed by atoms with Gasteiger partial charge in [0.1, 0.15) is 0 Å². The van der Waals surface area contributed by atoms with Crippen LogP contribution in [0.4, 0.5) is 0 Å². The van der Waals surface area contributed by atoms with E-state index in [0.717, 1.165) is 5.56 Å². The lowest BCUT2D eigenvalue weighted by Crippen LogP contribution is -2.36. The molecule has 1 aromatic carbocycles. The molecule has 1 amide bonds. The van der Waals surface area contributed by atoms with E-state index >= 15 is 0 Å². The maximum Gasteiger partial charge on any atom is 0.254 e. The van der Waals surface area contributed by atoms with Gasteiger partial charge >= 0.3 is 0 Å². The molecule has 0 aromatic heterocycles. The Kier molecular flexibility index (Phi) is 7.87. The molecular formula is C15H23NO4. The van der Waals surface area contributed by atoms with Gasteiger partial charge in [0.2, 0.25) is 0 Å². The summed E-state index contributed by atoms with van der Waals surface area (Å²) < 4.78 is 15.2. The van der Waals surface area contributed by atoms with Gasteiger partial charge in [0.05, 0.1) is 19.8 Å². The summed E-state index contributed by atoms with van der Waals surface area (Å²) in [5, 5.41) is 0. The molecule has 0 heterocycles. The largest absolute Gasteiger partial charge is 0.383 e. The zero-order valence-corrected chi connectivity index (χ0v) is 12.4. The minimum Gasteiger partial charge on any atom is -0.383 e. The van der Waals surface area contributed by atoms with Gasteiger partial charge in [-0.2, -0.15) is 0 Å². The van der Waals surface area contributed by atoms with Gasteiger partial charge in [-0.3, -0.25) is 4.79 Å². The van der Waals surface area contributed by atoms with Crippen molar-refractivity contribution in [1.82, 2.24) is 4.90 Å². The molecule has 0 fully saturated rings. The Hall–Kier alpha value is -1.43. The van der Waals surface area contributed by atoms with Crippen molar-refractivity contribution in [2.24, 2.45) is 0 Å². The molecule has 0 aliphatic carbocycles. The first-order chi connectivity index (χ1) is 9.72. The molecule has 112 valence electrons. The quantitative estimate of drug-likeness (QED) is 0.689. The number of hydrogen-bond donors (Lipinski definition) is 0. The minimum absolute atomic E-state index is 0.0166. The number of amides is 1. The van der Waals surface area contributed by atoms with Crippen LogP contribution >= 0.6 is 0 Å². The van der Waals surface area contributed by atoms with Crippen LogP contribution in [-0.4, -0.2) is 58.4 Å². The summed E-state index contributed by atoms with van der Waals surface area (Å²) in [4.78, 5) is 14.2. The first-order valence-electron chi connectivity index (χ1n) is 6.58. The number of benzene rings is 1. The van der Waals surface area contributed by atoms with Crippen molar-refractivity contribution < 1.29 is 19.0 Å². The van der Waals surface area contributed by atoms with Gasteiger partial charge in [0.25, 0.3) is 5.91 Å². The highest BCUT2D eigenvalue weighted by Gasteiger charge is 2.15. The number of hydrogen-bond acceptors (Lipinski definition) is 4. The van der Waals surface area contributed by atoms with Crippen LogP contribution in [0.15, 0.2) is 24.3 Å². The molecule has 0 atom stereocenters. The zero-order chi connectivity index (χ0) is 14.8. The third-order valence-corrected chi connectivity index (χ3v) is 2.90. The molecular weight excluding hydrogens is 258 g/mol. The lowest BCUT2D eigenvalue weighted by Gasteiger charge is -2.22. The molecule has 0 aliphatic heterocycles. The zero-order valence-electron chi connectivity index (χ0n) is 12.4. The van der Waals surface area contributed by atoms with Crippen molar-refractivity contribution in [3.8, 4) is 0 Å². The first-order valence-corrected chi connectivity index (χ1v) is 6.58. The number of carbonyl (C=O) groups excluding carboxylic acids is 1. The number of rotatable bonds is 9. The highest BCUT2D eigenvalue weighted by molar-refractivity contribution is 5.94. The average molecular weight is 281 g/mol. The van der Waals surface area contributed by atoms with Crippen molar-refractivity contribution >= 4 is 5.91 Å². The predicted octanol–water partition coefficient (Wildman–Crippen LogP) is 1.57. The lowest BCUT2D eigenvalue weighted by atomic mass is 10.1. The standard InChI is InChI=1S/C15H23NO4/c1-18-9-7-16(8-10-19-2)15(17)14-6-4-5-13(11-14)12-20-3/h4-6,11H,7-10,12H2,1-3H3. The first kappa shape index (κ1) is 16.6. The Labute approximate surface area is 120 Å². The predicted molar refractivity (Wildman–Crippen MR) is 76.8 cm³/mol. The van der Waals surface area contributed by atoms with Gasteiger partial charge < -0.3 is 19.1 Å². The van der Waals surface area contributed by atoms with Crippen LogP contribution in [0.25, 0.3) is 0 Å². The fourth-order valence-corrected chi connectivity index (χ4v) is 1.86. The number of carbonyl (C=O) groups is 1. The van der Waals surface area contributed by atoms with Gasteiger partial charge in [-0.25, -0.2) is 0 Å². The molecule has 20 heavy (non-hydrogen) atoms. The van der Waals surface area contributed by atoms with Gasteiger partial charge in [-0.1, -0.05) is 12.1 Å². The molecule has 0 aliphatic rings. The summed E-state index contributed by atoms with van der Waals surface area (Å²) in [5.41, 5.74) is 1.64. The average Bonchev–Trinajstić information content (AvgIpc) is 2.47. The van der Waals surface area contributed by atoms with E-state index in [0.29, 0.717) is 38.5 Å². The minimum atomic E-state index is -0.0166. The Morgan fingerprint density at radius 2 is 1.70 bits per heavy atom. The van der Waals surface area contributed by atoms with Crippen LogP contribution in [0, 0.1) is 0 Å². The molecule has 5 heteroatoms. The maximum absolute atomic E-state index is 12.5. The summed E-state index contributed by atoms with van der Waals surface area (Å²) in [6.07, 6.45) is 0. The molecule has 1 aromatic rings. The van der Waals surface area contributed by atoms with E-state index in [2.05, 4.69) is 0 Å². The molecule has 0 bridgehead atoms. The molecule has 1 rings (SSSR count). The Morgan fingerprint density at radius 3 is 2.25 bits per heavy atom. The second-order valence-corrected chi connectivity index (χ2v) is 4.41. The number of ether oxygens (including phenoxy) is 3. The van der Waals surface area contributed by atoms with Gasteiger partial charge in [-0.05, 0) is 17.7 Å². The van der Waals surface area contributed by atoms with Crippen LogP contribution in [0.1, 0.15) is 15.9 Å². The van der Waals surface area contributed by atoms with Crippen LogP contribution < -0.4 is 0 Å². The molecule has 0 saturated heterocycles. The van der Waals surface area contributed by atoms with E-state index in [-0.39, 0.29) is 5.91 Å². The molecule has 0 saturated carbocycles. The Balaban J connectivity index is 2.78. The third kappa shape index (κ3) is 5.28. The smallest absolute Gasteiger partial charge is 0.254 e. The Bertz CT molecular complexity index is 401. The van der Waals surface area contributed by atoms with E-state index in [1.165, 1.54) is 0 Å². The van der Waals surface area contributed by atoms with Crippen LogP contribution in [0.2, 0.25) is 0 Å². The highest BCUT2D eigenvalue weighted by Crippen LogP contribution is 2.09. The Morgan fingerprint density at radius 1 is 1.05 bits per heavy atom. The second-order valence-electron chi connectivity index (χ2n) is 4.41. The number of nitrogens with zero attached hydrogens (tertiary/aromatic N) is 1. The molecule has 0 unspecified atom stereocenters. The van der Waals surface area contributed by atoms with E-state index in [4.69, 9.17) is 14.2 Å². The summed E-state index contributed by atoms with van der Waals surface area (Å²) >= 11 is 0. The van der Waals surface area contributed by atoms with E-state index in [1.54, 1.807) is 26.2 Å². The third-order valence-electron chi connectivity index (χ3n) is 2.90. The molecule has 0 N–H and O–H groups in total.